The average molecular weight is 207 g/mol. The summed E-state index contributed by atoms with van der Waals surface area (Å²) in [4.78, 5) is 2.27. The second-order valence-corrected chi connectivity index (χ2v) is 3.86. The van der Waals surface area contributed by atoms with Gasteiger partial charge in [0.25, 0.3) is 0 Å². The fourth-order valence-corrected chi connectivity index (χ4v) is 2.12. The van der Waals surface area contributed by atoms with Gasteiger partial charge in [-0.05, 0) is 19.1 Å². The van der Waals surface area contributed by atoms with Gasteiger partial charge in [-0.2, -0.15) is 0 Å². The van der Waals surface area contributed by atoms with Crippen LogP contribution < -0.4 is 4.90 Å². The summed E-state index contributed by atoms with van der Waals surface area (Å²) in [7, 11) is 3.39. The normalized spacial score (nSPS) is 23.7. The van der Waals surface area contributed by atoms with Crippen LogP contribution in [0.15, 0.2) is 30.3 Å². The first-order chi connectivity index (χ1) is 7.23. The lowest BCUT2D eigenvalue weighted by Crippen LogP contribution is -2.70. The van der Waals surface area contributed by atoms with E-state index in [2.05, 4.69) is 24.0 Å². The molecule has 0 amide bonds. The van der Waals surface area contributed by atoms with E-state index in [1.54, 1.807) is 14.2 Å². The van der Waals surface area contributed by atoms with Crippen molar-refractivity contribution in [3.63, 3.8) is 0 Å². The number of rotatable bonds is 3. The van der Waals surface area contributed by atoms with Gasteiger partial charge in [0.05, 0.1) is 12.6 Å². The van der Waals surface area contributed by atoms with E-state index in [0.29, 0.717) is 0 Å². The summed E-state index contributed by atoms with van der Waals surface area (Å²) >= 11 is 0. The molecule has 0 aliphatic carbocycles. The molecular weight excluding hydrogens is 190 g/mol. The van der Waals surface area contributed by atoms with Crippen molar-refractivity contribution in [1.82, 2.24) is 0 Å². The Kier molecular flexibility index (Phi) is 2.67. The number of hydrogen-bond donors (Lipinski definition) is 0. The van der Waals surface area contributed by atoms with Gasteiger partial charge >= 0.3 is 0 Å². The van der Waals surface area contributed by atoms with Crippen LogP contribution in [0.2, 0.25) is 0 Å². The van der Waals surface area contributed by atoms with Gasteiger partial charge in [0, 0.05) is 19.9 Å². The maximum Gasteiger partial charge on any atom is 0.206 e. The molecule has 0 aromatic heterocycles. The molecular formula is C12H17NO2. The van der Waals surface area contributed by atoms with Crippen LogP contribution in [0.25, 0.3) is 0 Å². The van der Waals surface area contributed by atoms with E-state index in [1.165, 1.54) is 5.69 Å². The number of ether oxygens (including phenoxy) is 2. The number of nitrogens with zero attached hydrogens (tertiary/aromatic N) is 1. The number of anilines is 1. The first kappa shape index (κ1) is 10.5. The predicted molar refractivity (Wildman–Crippen MR) is 60.0 cm³/mol. The molecule has 3 heteroatoms. The van der Waals surface area contributed by atoms with E-state index >= 15 is 0 Å². The van der Waals surface area contributed by atoms with Crippen LogP contribution in [-0.4, -0.2) is 32.6 Å². The first-order valence-corrected chi connectivity index (χ1v) is 5.15. The van der Waals surface area contributed by atoms with Gasteiger partial charge in [0.2, 0.25) is 5.79 Å². The Hall–Kier alpha value is -1.06. The Bertz CT molecular complexity index is 322. The molecule has 0 spiro atoms. The molecule has 15 heavy (non-hydrogen) atoms. The van der Waals surface area contributed by atoms with Crippen LogP contribution in [0.4, 0.5) is 5.69 Å². The molecule has 1 aliphatic heterocycles. The largest absolute Gasteiger partial charge is 0.358 e. The average Bonchev–Trinajstić information content (AvgIpc) is 2.30. The van der Waals surface area contributed by atoms with E-state index in [0.717, 1.165) is 6.54 Å². The van der Waals surface area contributed by atoms with Gasteiger partial charge in [0.1, 0.15) is 0 Å². The minimum absolute atomic E-state index is 0.245. The highest BCUT2D eigenvalue weighted by molar-refractivity contribution is 5.51. The smallest absolute Gasteiger partial charge is 0.206 e. The molecule has 0 bridgehead atoms. The molecule has 1 atom stereocenters. The third kappa shape index (κ3) is 1.52. The Morgan fingerprint density at radius 1 is 1.20 bits per heavy atom. The number of methoxy groups -OCH3 is 2. The summed E-state index contributed by atoms with van der Waals surface area (Å²) in [5.41, 5.74) is 1.22. The zero-order chi connectivity index (χ0) is 10.9. The standard InChI is InChI=1S/C12H17NO2/c1-10-12(14-2,15-3)9-13(10)11-7-5-4-6-8-11/h4-8,10H,9H2,1-3H3. The van der Waals surface area contributed by atoms with Gasteiger partial charge in [-0.25, -0.2) is 0 Å². The summed E-state index contributed by atoms with van der Waals surface area (Å²) in [5, 5.41) is 0. The third-order valence-corrected chi connectivity index (χ3v) is 3.27. The molecule has 1 unspecified atom stereocenters. The molecule has 0 saturated carbocycles. The zero-order valence-corrected chi connectivity index (χ0v) is 9.43. The van der Waals surface area contributed by atoms with E-state index in [4.69, 9.17) is 9.47 Å². The van der Waals surface area contributed by atoms with Crippen molar-refractivity contribution in [3.8, 4) is 0 Å². The second kappa shape index (κ2) is 3.83. The van der Waals surface area contributed by atoms with Gasteiger partial charge in [-0.15, -0.1) is 0 Å². The van der Waals surface area contributed by atoms with Crippen LogP contribution in [0.3, 0.4) is 0 Å². The van der Waals surface area contributed by atoms with Gasteiger partial charge < -0.3 is 14.4 Å². The summed E-state index contributed by atoms with van der Waals surface area (Å²) in [6, 6.07) is 10.6. The van der Waals surface area contributed by atoms with E-state index in [1.807, 2.05) is 18.2 Å². The molecule has 1 aromatic rings. The summed E-state index contributed by atoms with van der Waals surface area (Å²) in [6.45, 7) is 2.90. The van der Waals surface area contributed by atoms with Crippen molar-refractivity contribution in [2.75, 3.05) is 25.7 Å². The zero-order valence-electron chi connectivity index (χ0n) is 9.43. The van der Waals surface area contributed by atoms with Crippen LogP contribution in [0.1, 0.15) is 6.92 Å². The minimum Gasteiger partial charge on any atom is -0.358 e. The highest BCUT2D eigenvalue weighted by Gasteiger charge is 2.51. The fourth-order valence-electron chi connectivity index (χ4n) is 2.12. The molecule has 1 saturated heterocycles. The monoisotopic (exact) mass is 207 g/mol. The van der Waals surface area contributed by atoms with Crippen molar-refractivity contribution in [2.45, 2.75) is 18.8 Å². The highest BCUT2D eigenvalue weighted by atomic mass is 16.7. The van der Waals surface area contributed by atoms with E-state index < -0.39 is 5.79 Å². The summed E-state index contributed by atoms with van der Waals surface area (Å²) < 4.78 is 10.8. The van der Waals surface area contributed by atoms with E-state index in [9.17, 15) is 0 Å². The van der Waals surface area contributed by atoms with Crippen molar-refractivity contribution < 1.29 is 9.47 Å². The van der Waals surface area contributed by atoms with Crippen LogP contribution in [0, 0.1) is 0 Å². The minimum atomic E-state index is -0.435. The van der Waals surface area contributed by atoms with Gasteiger partial charge in [0.15, 0.2) is 0 Å². The van der Waals surface area contributed by atoms with Crippen LogP contribution in [-0.2, 0) is 9.47 Å². The molecule has 82 valence electrons. The predicted octanol–water partition coefficient (Wildman–Crippen LogP) is 1.88. The molecule has 1 aliphatic rings. The third-order valence-electron chi connectivity index (χ3n) is 3.27. The van der Waals surface area contributed by atoms with Gasteiger partial charge in [-0.3, -0.25) is 0 Å². The summed E-state index contributed by atoms with van der Waals surface area (Å²) in [5.74, 6) is -0.435. The number of para-hydroxylation sites is 1. The molecule has 3 nitrogen and oxygen atoms in total. The van der Waals surface area contributed by atoms with Crippen molar-refractivity contribution in [1.29, 1.82) is 0 Å². The fraction of sp³-hybridized carbons (Fsp3) is 0.500. The molecule has 2 rings (SSSR count). The number of benzene rings is 1. The van der Waals surface area contributed by atoms with Gasteiger partial charge in [-0.1, -0.05) is 18.2 Å². The second-order valence-electron chi connectivity index (χ2n) is 3.86. The Morgan fingerprint density at radius 2 is 1.80 bits per heavy atom. The molecule has 0 radical (unpaired) electrons. The summed E-state index contributed by atoms with van der Waals surface area (Å²) in [6.07, 6.45) is 0. The topological polar surface area (TPSA) is 21.7 Å². The van der Waals surface area contributed by atoms with Crippen LogP contribution >= 0.6 is 0 Å². The maximum atomic E-state index is 5.42. The van der Waals surface area contributed by atoms with Crippen LogP contribution in [0.5, 0.6) is 0 Å². The lowest BCUT2D eigenvalue weighted by atomic mass is 9.95. The Labute approximate surface area is 90.6 Å². The quantitative estimate of drug-likeness (QED) is 0.706. The molecule has 1 heterocycles. The number of hydrogen-bond acceptors (Lipinski definition) is 3. The van der Waals surface area contributed by atoms with Crippen molar-refractivity contribution in [2.24, 2.45) is 0 Å². The van der Waals surface area contributed by atoms with Crippen molar-refractivity contribution in [3.05, 3.63) is 30.3 Å². The maximum absolute atomic E-state index is 5.42. The van der Waals surface area contributed by atoms with Crippen molar-refractivity contribution >= 4 is 5.69 Å². The molecule has 0 N–H and O–H groups in total. The SMILES string of the molecule is COC1(OC)CN(c2ccccc2)C1C. The van der Waals surface area contributed by atoms with E-state index in [-0.39, 0.29) is 6.04 Å². The Balaban J connectivity index is 2.12. The highest BCUT2D eigenvalue weighted by Crippen LogP contribution is 2.36. The Morgan fingerprint density at radius 3 is 2.27 bits per heavy atom. The lowest BCUT2D eigenvalue weighted by Gasteiger charge is -2.54. The molecule has 1 fully saturated rings. The first-order valence-electron chi connectivity index (χ1n) is 5.15. The lowest BCUT2D eigenvalue weighted by molar-refractivity contribution is -0.242. The molecule has 1 aromatic carbocycles.